The molecule has 0 aromatic heterocycles. The van der Waals surface area contributed by atoms with Crippen molar-refractivity contribution in [1.29, 1.82) is 0 Å². The monoisotopic (exact) mass is 1130 g/mol. The van der Waals surface area contributed by atoms with Gasteiger partial charge in [-0.25, -0.2) is 0 Å². The van der Waals surface area contributed by atoms with Crippen LogP contribution >= 0.6 is 0 Å². The van der Waals surface area contributed by atoms with E-state index in [9.17, 15) is 15.3 Å². The van der Waals surface area contributed by atoms with Gasteiger partial charge < -0.3 is 25.2 Å². The van der Waals surface area contributed by atoms with Gasteiger partial charge in [-0.15, -0.1) is 0 Å². The van der Waals surface area contributed by atoms with E-state index in [1.165, 1.54) is 0 Å². The molecular formula is C10H20Ac4O5. The number of hydrogen-bond acceptors (Lipinski definition) is 5. The largest absolute Gasteiger partial charge is 0.394 e. The summed E-state index contributed by atoms with van der Waals surface area (Å²) >= 11 is 0. The van der Waals surface area contributed by atoms with E-state index in [0.29, 0.717) is 0 Å². The number of aliphatic hydroxyl groups is 4. The predicted octanol–water partition coefficient (Wildman–Crippen LogP) is -1.13. The van der Waals surface area contributed by atoms with Gasteiger partial charge in [-0.1, -0.05) is 20.8 Å². The normalized spacial score (nSPS) is 33.9. The van der Waals surface area contributed by atoms with Crippen LogP contribution in [0.2, 0.25) is 0 Å². The minimum absolute atomic E-state index is 0. The molecule has 4 radical (unpaired) electrons. The summed E-state index contributed by atoms with van der Waals surface area (Å²) in [7, 11) is 0. The summed E-state index contributed by atoms with van der Waals surface area (Å²) in [5, 5.41) is 37.8. The van der Waals surface area contributed by atoms with Gasteiger partial charge in [-0.2, -0.15) is 0 Å². The van der Waals surface area contributed by atoms with Crippen molar-refractivity contribution in [2.75, 3.05) is 6.61 Å². The first-order valence-electron chi connectivity index (χ1n) is 5.09. The third-order valence-electron chi connectivity index (χ3n) is 2.75. The fourth-order valence-corrected chi connectivity index (χ4v) is 1.82. The van der Waals surface area contributed by atoms with Crippen LogP contribution in [0.1, 0.15) is 20.8 Å². The summed E-state index contributed by atoms with van der Waals surface area (Å²) in [5.41, 5.74) is -0.367. The first-order valence-corrected chi connectivity index (χ1v) is 5.09. The maximum atomic E-state index is 9.74. The molecule has 1 rings (SSSR count). The molecule has 9 heteroatoms. The summed E-state index contributed by atoms with van der Waals surface area (Å²) in [5.74, 6) is 0. The molecule has 0 spiro atoms. The fraction of sp³-hybridized carbons (Fsp3) is 1.00. The first kappa shape index (κ1) is 32.3. The summed E-state index contributed by atoms with van der Waals surface area (Å²) in [6.45, 7) is 5.21. The molecule has 1 fully saturated rings. The Hall–Kier alpha value is 5.57. The van der Waals surface area contributed by atoms with Gasteiger partial charge in [0.25, 0.3) is 0 Å². The van der Waals surface area contributed by atoms with Gasteiger partial charge in [-0.3, -0.25) is 0 Å². The van der Waals surface area contributed by atoms with E-state index in [1.807, 2.05) is 20.8 Å². The van der Waals surface area contributed by atoms with E-state index in [0.717, 1.165) is 0 Å². The molecule has 1 aliphatic rings. The molecule has 0 bridgehead atoms. The Labute approximate surface area is 258 Å². The Bertz CT molecular complexity index is 224. The second-order valence-corrected chi connectivity index (χ2v) is 5.12. The average Bonchev–Trinajstić information content (AvgIpc) is 2.13. The molecule has 0 saturated carbocycles. The van der Waals surface area contributed by atoms with Gasteiger partial charge in [0, 0.05) is 176 Å². The van der Waals surface area contributed by atoms with E-state index >= 15 is 0 Å². The van der Waals surface area contributed by atoms with Crippen LogP contribution in [0.4, 0.5) is 0 Å². The topological polar surface area (TPSA) is 90.2 Å². The number of aliphatic hydroxyl groups excluding tert-OH is 4. The molecule has 19 heavy (non-hydrogen) atoms. The van der Waals surface area contributed by atoms with Crippen LogP contribution in [0.5, 0.6) is 0 Å². The van der Waals surface area contributed by atoms with E-state index in [2.05, 4.69) is 0 Å². The molecule has 0 aromatic rings. The molecule has 1 aliphatic heterocycles. The van der Waals surface area contributed by atoms with Crippen molar-refractivity contribution in [2.45, 2.75) is 51.3 Å². The molecule has 102 valence electrons. The third kappa shape index (κ3) is 9.73. The van der Waals surface area contributed by atoms with Crippen molar-refractivity contribution in [3.8, 4) is 0 Å². The van der Waals surface area contributed by atoms with Gasteiger partial charge in [-0.05, 0) is 5.41 Å². The van der Waals surface area contributed by atoms with Crippen molar-refractivity contribution in [3.63, 3.8) is 0 Å². The van der Waals surface area contributed by atoms with Crippen LogP contribution in [0.3, 0.4) is 0 Å². The quantitative estimate of drug-likeness (QED) is 0.268. The van der Waals surface area contributed by atoms with Crippen LogP contribution in [-0.4, -0.2) is 57.6 Å². The zero-order valence-electron chi connectivity index (χ0n) is 11.6. The van der Waals surface area contributed by atoms with Crippen molar-refractivity contribution in [3.05, 3.63) is 0 Å². The van der Waals surface area contributed by atoms with Crippen molar-refractivity contribution in [1.82, 2.24) is 0 Å². The summed E-state index contributed by atoms with van der Waals surface area (Å²) in [6.07, 6.45) is -5.10. The molecule has 1 saturated heterocycles. The van der Waals surface area contributed by atoms with Crippen molar-refractivity contribution >= 4 is 0 Å². The Morgan fingerprint density at radius 2 is 1.26 bits per heavy atom. The fourth-order valence-electron chi connectivity index (χ4n) is 1.82. The molecule has 0 unspecified atom stereocenters. The van der Waals surface area contributed by atoms with Crippen LogP contribution in [-0.2, 0) is 4.74 Å². The van der Waals surface area contributed by atoms with Crippen LogP contribution in [0.25, 0.3) is 0 Å². The maximum absolute atomic E-state index is 9.74. The van der Waals surface area contributed by atoms with Gasteiger partial charge in [0.2, 0.25) is 0 Å². The van der Waals surface area contributed by atoms with Crippen molar-refractivity contribution in [2.24, 2.45) is 5.41 Å². The van der Waals surface area contributed by atoms with E-state index in [4.69, 9.17) is 9.84 Å². The molecule has 5 nitrogen and oxygen atoms in total. The Kier molecular flexibility index (Phi) is 25.0. The minimum atomic E-state index is -1.28. The molecule has 0 amide bonds. The molecule has 4 N–H and O–H groups in total. The SMILES string of the molecule is CC(C)(C)[C@@H]1O[C@H](CO)[C@@H](O)[C@H](O)[C@H]1O.[Ac].[Ac].[Ac].[Ac]. The second-order valence-electron chi connectivity index (χ2n) is 5.12. The van der Waals surface area contributed by atoms with Crippen molar-refractivity contribution < 1.29 is 201 Å². The summed E-state index contributed by atoms with van der Waals surface area (Å²) in [6, 6.07) is 0. The van der Waals surface area contributed by atoms with Gasteiger partial charge in [0.1, 0.15) is 24.4 Å². The Morgan fingerprint density at radius 1 is 0.842 bits per heavy atom. The molecule has 0 aromatic carbocycles. The second kappa shape index (κ2) is 14.7. The average molecular weight is 1130 g/mol. The molecule has 5 atom stereocenters. The standard InChI is InChI=1S/C10H20O5.4Ac/c1-10(2,3)9-8(14)7(13)6(12)5(4-11)15-9;;;;/h5-9,11-14H,4H2,1-3H3;;;;/t5-,6-,7+,8-,9-;;;;/m1..../s1. The summed E-state index contributed by atoms with van der Waals surface area (Å²) < 4.78 is 5.38. The zero-order chi connectivity index (χ0) is 11.8. The van der Waals surface area contributed by atoms with E-state index < -0.39 is 30.5 Å². The molecular weight excluding hydrogens is 1110 g/mol. The van der Waals surface area contributed by atoms with E-state index in [1.54, 1.807) is 0 Å². The smallest absolute Gasteiger partial charge is 0.111 e. The van der Waals surface area contributed by atoms with E-state index in [-0.39, 0.29) is 188 Å². The van der Waals surface area contributed by atoms with Gasteiger partial charge in [0.05, 0.1) is 12.7 Å². The van der Waals surface area contributed by atoms with Crippen LogP contribution < -0.4 is 0 Å². The number of rotatable bonds is 1. The predicted molar refractivity (Wildman–Crippen MR) is 53.2 cm³/mol. The number of hydrogen-bond donors (Lipinski definition) is 4. The van der Waals surface area contributed by atoms with Gasteiger partial charge in [0.15, 0.2) is 0 Å². The molecule has 1 heterocycles. The van der Waals surface area contributed by atoms with Gasteiger partial charge >= 0.3 is 0 Å². The molecule has 0 aliphatic carbocycles. The Morgan fingerprint density at radius 3 is 1.58 bits per heavy atom. The maximum Gasteiger partial charge on any atom is 0.111 e. The van der Waals surface area contributed by atoms with Crippen LogP contribution in [0, 0.1) is 182 Å². The first-order chi connectivity index (χ1) is 6.79. The minimum Gasteiger partial charge on any atom is -0.394 e. The van der Waals surface area contributed by atoms with Crippen LogP contribution in [0.15, 0.2) is 0 Å². The number of ether oxygens (including phenoxy) is 1. The zero-order valence-corrected chi connectivity index (χ0v) is 30.6. The Balaban J connectivity index is -0.000000281. The summed E-state index contributed by atoms with van der Waals surface area (Å²) in [4.78, 5) is 0. The third-order valence-corrected chi connectivity index (χ3v) is 2.75.